The first-order valence-corrected chi connectivity index (χ1v) is 6.09. The molecular formula is C13H12N2O2S. The van der Waals surface area contributed by atoms with Crippen LogP contribution < -0.4 is 9.47 Å². The fourth-order valence-corrected chi connectivity index (χ4v) is 2.18. The summed E-state index contributed by atoms with van der Waals surface area (Å²) in [5, 5.41) is 0. The lowest BCUT2D eigenvalue weighted by molar-refractivity contribution is 0.0848. The number of nitrogens with zero attached hydrogens (tertiary/aromatic N) is 1. The Hall–Kier alpha value is -1.88. The fraction of sp³-hybridized carbons (Fsp3) is 0.231. The minimum atomic E-state index is -0.249. The van der Waals surface area contributed by atoms with E-state index in [1.54, 1.807) is 0 Å². The van der Waals surface area contributed by atoms with Crippen molar-refractivity contribution in [1.82, 2.24) is 9.97 Å². The average Bonchev–Trinajstić information content (AvgIpc) is 2.37. The van der Waals surface area contributed by atoms with Crippen LogP contribution in [0.4, 0.5) is 0 Å². The van der Waals surface area contributed by atoms with Crippen LogP contribution in [0.15, 0.2) is 30.3 Å². The number of hydrogen-bond donors (Lipinski definition) is 1. The maximum absolute atomic E-state index is 5.86. The molecule has 0 saturated carbocycles. The first kappa shape index (κ1) is 11.2. The van der Waals surface area contributed by atoms with Gasteiger partial charge in [-0.15, -0.1) is 0 Å². The number of ether oxygens (including phenoxy) is 2. The van der Waals surface area contributed by atoms with E-state index in [9.17, 15) is 0 Å². The first-order chi connectivity index (χ1) is 8.72. The Labute approximate surface area is 110 Å². The summed E-state index contributed by atoms with van der Waals surface area (Å²) in [6.07, 6.45) is -0.249. The molecule has 1 N–H and O–H groups in total. The predicted molar refractivity (Wildman–Crippen MR) is 69.5 cm³/mol. The van der Waals surface area contributed by atoms with E-state index in [1.165, 1.54) is 0 Å². The molecular weight excluding hydrogens is 248 g/mol. The number of H-pyrrole nitrogens is 1. The van der Waals surface area contributed by atoms with Crippen LogP contribution in [0.2, 0.25) is 0 Å². The van der Waals surface area contributed by atoms with Gasteiger partial charge in [-0.1, -0.05) is 24.4 Å². The standard InChI is InChI=1S/C13H12N2O2S/c1-8-6-12(18)15-13(14-8)11-7-16-9-4-2-3-5-10(9)17-11/h2-6,11H,7H2,1H3,(H,14,15,18). The molecule has 92 valence electrons. The second kappa shape index (κ2) is 4.42. The molecule has 1 aromatic carbocycles. The highest BCUT2D eigenvalue weighted by Crippen LogP contribution is 2.34. The zero-order chi connectivity index (χ0) is 12.5. The van der Waals surface area contributed by atoms with Gasteiger partial charge in [0.25, 0.3) is 0 Å². The number of aromatic nitrogens is 2. The van der Waals surface area contributed by atoms with Crippen LogP contribution >= 0.6 is 12.2 Å². The summed E-state index contributed by atoms with van der Waals surface area (Å²) < 4.78 is 12.1. The van der Waals surface area contributed by atoms with E-state index in [2.05, 4.69) is 9.97 Å². The lowest BCUT2D eigenvalue weighted by Gasteiger charge is -2.25. The van der Waals surface area contributed by atoms with E-state index in [0.717, 1.165) is 17.2 Å². The number of benzene rings is 1. The van der Waals surface area contributed by atoms with Gasteiger partial charge in [0, 0.05) is 5.69 Å². The Kier molecular flexibility index (Phi) is 2.76. The summed E-state index contributed by atoms with van der Waals surface area (Å²) >= 11 is 5.11. The predicted octanol–water partition coefficient (Wildman–Crippen LogP) is 2.96. The Morgan fingerprint density at radius 3 is 2.89 bits per heavy atom. The molecule has 1 aromatic heterocycles. The molecule has 0 bridgehead atoms. The van der Waals surface area contributed by atoms with E-state index in [-0.39, 0.29) is 6.10 Å². The molecule has 0 fully saturated rings. The average molecular weight is 260 g/mol. The number of rotatable bonds is 1. The Morgan fingerprint density at radius 1 is 1.33 bits per heavy atom. The summed E-state index contributed by atoms with van der Waals surface area (Å²) in [4.78, 5) is 7.45. The number of aromatic amines is 1. The molecule has 0 radical (unpaired) electrons. The largest absolute Gasteiger partial charge is 0.485 e. The van der Waals surface area contributed by atoms with Gasteiger partial charge in [-0.2, -0.15) is 0 Å². The monoisotopic (exact) mass is 260 g/mol. The SMILES string of the molecule is Cc1cc(=S)nc(C2COc3ccccc3O2)[nH]1. The smallest absolute Gasteiger partial charge is 0.190 e. The Balaban J connectivity index is 1.94. The zero-order valence-corrected chi connectivity index (χ0v) is 10.7. The van der Waals surface area contributed by atoms with Gasteiger partial charge in [0.15, 0.2) is 23.4 Å². The molecule has 2 heterocycles. The maximum atomic E-state index is 5.86. The summed E-state index contributed by atoms with van der Waals surface area (Å²) in [7, 11) is 0. The maximum Gasteiger partial charge on any atom is 0.190 e. The third-order valence-electron chi connectivity index (χ3n) is 2.71. The summed E-state index contributed by atoms with van der Waals surface area (Å²) in [6.45, 7) is 2.37. The van der Waals surface area contributed by atoms with Gasteiger partial charge < -0.3 is 14.5 Å². The molecule has 1 aliphatic heterocycles. The van der Waals surface area contributed by atoms with Crippen molar-refractivity contribution in [3.8, 4) is 11.5 Å². The van der Waals surface area contributed by atoms with E-state index in [4.69, 9.17) is 21.7 Å². The molecule has 1 unspecified atom stereocenters. The summed E-state index contributed by atoms with van der Waals surface area (Å²) in [5.41, 5.74) is 0.965. The van der Waals surface area contributed by atoms with Gasteiger partial charge in [-0.25, -0.2) is 4.98 Å². The number of hydrogen-bond acceptors (Lipinski definition) is 4. The second-order valence-corrected chi connectivity index (χ2v) is 4.57. The molecule has 0 amide bonds. The van der Waals surface area contributed by atoms with E-state index >= 15 is 0 Å². The van der Waals surface area contributed by atoms with Crippen molar-refractivity contribution in [2.75, 3.05) is 6.61 Å². The van der Waals surface area contributed by atoms with Crippen LogP contribution in [0.5, 0.6) is 11.5 Å². The van der Waals surface area contributed by atoms with Gasteiger partial charge in [-0.3, -0.25) is 0 Å². The Bertz CT molecular complexity index is 639. The number of aryl methyl sites for hydroxylation is 1. The van der Waals surface area contributed by atoms with Crippen LogP contribution in [0.3, 0.4) is 0 Å². The molecule has 0 saturated heterocycles. The van der Waals surface area contributed by atoms with Gasteiger partial charge in [0.2, 0.25) is 0 Å². The molecule has 1 atom stereocenters. The number of para-hydroxylation sites is 2. The molecule has 5 heteroatoms. The van der Waals surface area contributed by atoms with Crippen molar-refractivity contribution in [2.45, 2.75) is 13.0 Å². The van der Waals surface area contributed by atoms with Crippen molar-refractivity contribution in [1.29, 1.82) is 0 Å². The minimum Gasteiger partial charge on any atom is -0.485 e. The van der Waals surface area contributed by atoms with E-state index in [0.29, 0.717) is 17.1 Å². The van der Waals surface area contributed by atoms with Gasteiger partial charge in [0.05, 0.1) is 0 Å². The number of nitrogens with one attached hydrogen (secondary N) is 1. The first-order valence-electron chi connectivity index (χ1n) is 5.69. The quantitative estimate of drug-likeness (QED) is 0.801. The fourth-order valence-electron chi connectivity index (χ4n) is 1.91. The van der Waals surface area contributed by atoms with Crippen molar-refractivity contribution in [2.24, 2.45) is 0 Å². The van der Waals surface area contributed by atoms with Crippen molar-refractivity contribution in [3.63, 3.8) is 0 Å². The molecule has 2 aromatic rings. The molecule has 1 aliphatic rings. The second-order valence-electron chi connectivity index (χ2n) is 4.15. The summed E-state index contributed by atoms with van der Waals surface area (Å²) in [5.74, 6) is 2.20. The zero-order valence-electron chi connectivity index (χ0n) is 9.84. The number of fused-ring (bicyclic) bond motifs is 1. The van der Waals surface area contributed by atoms with Crippen molar-refractivity contribution in [3.05, 3.63) is 46.5 Å². The third kappa shape index (κ3) is 2.09. The van der Waals surface area contributed by atoms with Gasteiger partial charge in [0.1, 0.15) is 11.2 Å². The highest BCUT2D eigenvalue weighted by atomic mass is 32.1. The molecule has 0 aliphatic carbocycles. The lowest BCUT2D eigenvalue weighted by atomic mass is 10.2. The van der Waals surface area contributed by atoms with Crippen molar-refractivity contribution < 1.29 is 9.47 Å². The van der Waals surface area contributed by atoms with Crippen molar-refractivity contribution >= 4 is 12.2 Å². The third-order valence-corrected chi connectivity index (χ3v) is 2.92. The molecule has 0 spiro atoms. The molecule has 3 rings (SSSR count). The topological polar surface area (TPSA) is 47.1 Å². The van der Waals surface area contributed by atoms with Gasteiger partial charge in [-0.05, 0) is 25.1 Å². The highest BCUT2D eigenvalue weighted by molar-refractivity contribution is 7.71. The molecule has 4 nitrogen and oxygen atoms in total. The van der Waals surface area contributed by atoms with Crippen LogP contribution in [0.1, 0.15) is 17.6 Å². The van der Waals surface area contributed by atoms with E-state index < -0.39 is 0 Å². The van der Waals surface area contributed by atoms with Crippen LogP contribution in [-0.4, -0.2) is 16.6 Å². The molecule has 18 heavy (non-hydrogen) atoms. The lowest BCUT2D eigenvalue weighted by Crippen LogP contribution is -2.23. The van der Waals surface area contributed by atoms with Gasteiger partial charge >= 0.3 is 0 Å². The highest BCUT2D eigenvalue weighted by Gasteiger charge is 2.24. The van der Waals surface area contributed by atoms with Crippen LogP contribution in [0.25, 0.3) is 0 Å². The summed E-state index contributed by atoms with van der Waals surface area (Å²) in [6, 6.07) is 9.41. The normalized spacial score (nSPS) is 17.5. The minimum absolute atomic E-state index is 0.249. The van der Waals surface area contributed by atoms with Crippen LogP contribution in [-0.2, 0) is 0 Å². The van der Waals surface area contributed by atoms with Crippen LogP contribution in [0, 0.1) is 11.6 Å². The van der Waals surface area contributed by atoms with E-state index in [1.807, 2.05) is 37.3 Å². The Morgan fingerprint density at radius 2 is 2.11 bits per heavy atom.